The van der Waals surface area contributed by atoms with Crippen LogP contribution >= 0.6 is 0 Å². The minimum absolute atomic E-state index is 0.105. The van der Waals surface area contributed by atoms with E-state index in [9.17, 15) is 18.0 Å². The van der Waals surface area contributed by atoms with Gasteiger partial charge in [-0.15, -0.1) is 0 Å². The Morgan fingerprint density at radius 3 is 2.76 bits per heavy atom. The number of nitrogens with one attached hydrogen (secondary N) is 3. The fourth-order valence-corrected chi connectivity index (χ4v) is 3.44. The summed E-state index contributed by atoms with van der Waals surface area (Å²) in [6, 6.07) is 2.30. The lowest BCUT2D eigenvalue weighted by molar-refractivity contribution is -0.426. The topological polar surface area (TPSA) is 71.0 Å². The number of nitrogens with zero attached hydrogens (tertiary/aromatic N) is 2. The molecule has 1 aromatic heterocycles. The van der Waals surface area contributed by atoms with Crippen molar-refractivity contribution < 1.29 is 27.7 Å². The van der Waals surface area contributed by atoms with Crippen molar-refractivity contribution in [2.45, 2.75) is 19.0 Å². The maximum atomic E-state index is 12.8. The summed E-state index contributed by atoms with van der Waals surface area (Å²) in [6.45, 7) is 2.86. The molecule has 0 aliphatic carbocycles. The van der Waals surface area contributed by atoms with Crippen LogP contribution in [-0.4, -0.2) is 48.3 Å². The Hall–Kier alpha value is -2.85. The maximum absolute atomic E-state index is 12.8. The summed E-state index contributed by atoms with van der Waals surface area (Å²) in [5.41, 5.74) is 0.882. The molecule has 4 heterocycles. The number of halogens is 3. The van der Waals surface area contributed by atoms with Crippen LogP contribution in [0.1, 0.15) is 11.3 Å². The molecule has 1 saturated heterocycles. The van der Waals surface area contributed by atoms with Crippen LogP contribution in [0.5, 0.6) is 0 Å². The number of rotatable bonds is 4. The molecule has 29 heavy (non-hydrogen) atoms. The number of carbonyl (C=O) groups excluding carboxylic acids is 1. The minimum Gasteiger partial charge on any atom is -0.379 e. The number of carbonyl (C=O) groups is 1. The minimum atomic E-state index is -4.43. The van der Waals surface area contributed by atoms with E-state index in [4.69, 9.17) is 4.74 Å². The molecule has 3 aliphatic heterocycles. The SMILES string of the molecule is O=C(NCc1ccc(C(F)(F)F)[nH+]c1)C1=C2C=CC=CN2C(N2CCOCC2)N1. The zero-order chi connectivity index (χ0) is 20.4. The van der Waals surface area contributed by atoms with Gasteiger partial charge in [0, 0.05) is 37.5 Å². The summed E-state index contributed by atoms with van der Waals surface area (Å²) in [4.78, 5) is 19.2. The number of alkyl halides is 3. The van der Waals surface area contributed by atoms with Crippen LogP contribution in [0.25, 0.3) is 0 Å². The van der Waals surface area contributed by atoms with Crippen LogP contribution in [0.2, 0.25) is 0 Å². The van der Waals surface area contributed by atoms with Crippen LogP contribution in [0.3, 0.4) is 0 Å². The van der Waals surface area contributed by atoms with Gasteiger partial charge in [-0.25, -0.2) is 4.98 Å². The monoisotopic (exact) mass is 408 g/mol. The van der Waals surface area contributed by atoms with Crippen molar-refractivity contribution in [3.63, 3.8) is 0 Å². The Bertz CT molecular complexity index is 858. The number of ether oxygens (including phenoxy) is 1. The number of allylic oxidation sites excluding steroid dienone is 3. The third-order valence-corrected chi connectivity index (χ3v) is 4.94. The van der Waals surface area contributed by atoms with Gasteiger partial charge in [-0.3, -0.25) is 9.69 Å². The molecule has 7 nitrogen and oxygen atoms in total. The normalized spacial score (nSPS) is 21.9. The highest BCUT2D eigenvalue weighted by molar-refractivity contribution is 5.94. The molecule has 3 N–H and O–H groups in total. The predicted octanol–water partition coefficient (Wildman–Crippen LogP) is 0.952. The number of amides is 1. The number of hydrogen-bond donors (Lipinski definition) is 2. The van der Waals surface area contributed by atoms with Gasteiger partial charge >= 0.3 is 6.18 Å². The number of pyridine rings is 1. The number of fused-ring (bicyclic) bond motifs is 1. The molecule has 0 aromatic carbocycles. The van der Waals surface area contributed by atoms with Crippen LogP contribution < -0.4 is 15.6 Å². The van der Waals surface area contributed by atoms with Gasteiger partial charge in [0.1, 0.15) is 5.70 Å². The van der Waals surface area contributed by atoms with Gasteiger partial charge in [0.05, 0.1) is 18.9 Å². The van der Waals surface area contributed by atoms with Gasteiger partial charge in [-0.05, 0) is 18.2 Å². The summed E-state index contributed by atoms with van der Waals surface area (Å²) in [6.07, 6.45) is 4.15. The van der Waals surface area contributed by atoms with Crippen LogP contribution in [0.4, 0.5) is 13.2 Å². The van der Waals surface area contributed by atoms with Gasteiger partial charge < -0.3 is 20.3 Å². The predicted molar refractivity (Wildman–Crippen MR) is 96.3 cm³/mol. The molecule has 0 saturated carbocycles. The Morgan fingerprint density at radius 2 is 2.07 bits per heavy atom. The smallest absolute Gasteiger partial charge is 0.379 e. The van der Waals surface area contributed by atoms with E-state index in [2.05, 4.69) is 20.5 Å². The molecule has 1 unspecified atom stereocenters. The molecule has 10 heteroatoms. The molecule has 3 aliphatic rings. The molecule has 1 amide bonds. The van der Waals surface area contributed by atoms with Crippen LogP contribution in [0, 0.1) is 0 Å². The molecule has 1 fully saturated rings. The Labute approximate surface area is 165 Å². The Morgan fingerprint density at radius 1 is 1.28 bits per heavy atom. The second-order valence-electron chi connectivity index (χ2n) is 6.83. The fraction of sp³-hybridized carbons (Fsp3) is 0.368. The first-order chi connectivity index (χ1) is 13.9. The highest BCUT2D eigenvalue weighted by Crippen LogP contribution is 2.27. The molecular weight excluding hydrogens is 387 g/mol. The van der Waals surface area contributed by atoms with Crippen molar-refractivity contribution in [2.75, 3.05) is 26.3 Å². The van der Waals surface area contributed by atoms with Crippen molar-refractivity contribution in [3.05, 3.63) is 65.4 Å². The maximum Gasteiger partial charge on any atom is 0.477 e. The molecule has 0 bridgehead atoms. The van der Waals surface area contributed by atoms with Gasteiger partial charge in [0.25, 0.3) is 11.6 Å². The summed E-state index contributed by atoms with van der Waals surface area (Å²) in [7, 11) is 0. The first-order valence-electron chi connectivity index (χ1n) is 9.25. The molecular formula is C19H21F3N5O2+. The first kappa shape index (κ1) is 19.5. The van der Waals surface area contributed by atoms with Gasteiger partial charge in [0.2, 0.25) is 0 Å². The van der Waals surface area contributed by atoms with E-state index in [1.54, 1.807) is 0 Å². The van der Waals surface area contributed by atoms with E-state index in [-0.39, 0.29) is 18.7 Å². The number of H-pyrrole nitrogens is 1. The zero-order valence-electron chi connectivity index (χ0n) is 15.5. The van der Waals surface area contributed by atoms with Gasteiger partial charge in [-0.1, -0.05) is 6.08 Å². The number of hydrogen-bond acceptors (Lipinski definition) is 5. The largest absolute Gasteiger partial charge is 0.477 e. The molecule has 154 valence electrons. The van der Waals surface area contributed by atoms with E-state index in [0.717, 1.165) is 24.9 Å². The average molecular weight is 408 g/mol. The van der Waals surface area contributed by atoms with E-state index < -0.39 is 11.9 Å². The molecule has 1 atom stereocenters. The van der Waals surface area contributed by atoms with E-state index in [1.165, 1.54) is 12.3 Å². The van der Waals surface area contributed by atoms with Crippen molar-refractivity contribution in [3.8, 4) is 0 Å². The van der Waals surface area contributed by atoms with E-state index in [1.807, 2.05) is 29.3 Å². The van der Waals surface area contributed by atoms with Gasteiger partial charge in [-0.2, -0.15) is 13.2 Å². The standard InChI is InChI=1S/C19H20F3N5O2/c20-19(21,22)15-5-4-13(11-23-15)12-24-17(28)16-14-3-1-2-6-27(14)18(25-16)26-7-9-29-10-8-26/h1-6,11,18,25H,7-10,12H2,(H,24,28)/p+1. The second kappa shape index (κ2) is 7.88. The molecule has 0 spiro atoms. The van der Waals surface area contributed by atoms with E-state index >= 15 is 0 Å². The first-order valence-corrected chi connectivity index (χ1v) is 9.25. The highest BCUT2D eigenvalue weighted by Gasteiger charge is 2.38. The Kier molecular flexibility index (Phi) is 5.29. The number of aromatic amines is 1. The van der Waals surface area contributed by atoms with E-state index in [0.29, 0.717) is 24.5 Å². The zero-order valence-corrected chi connectivity index (χ0v) is 15.5. The lowest BCUT2D eigenvalue weighted by Gasteiger charge is -2.37. The number of aromatic nitrogens is 1. The summed E-state index contributed by atoms with van der Waals surface area (Å²) < 4.78 is 43.3. The fourth-order valence-electron chi connectivity index (χ4n) is 3.44. The van der Waals surface area contributed by atoms with Crippen molar-refractivity contribution in [2.24, 2.45) is 0 Å². The van der Waals surface area contributed by atoms with Crippen molar-refractivity contribution >= 4 is 5.91 Å². The molecule has 0 radical (unpaired) electrons. The van der Waals surface area contributed by atoms with Crippen LogP contribution in [0.15, 0.2) is 54.2 Å². The van der Waals surface area contributed by atoms with Gasteiger partial charge in [0.15, 0.2) is 12.5 Å². The Balaban J connectivity index is 1.43. The number of morpholine rings is 1. The summed E-state index contributed by atoms with van der Waals surface area (Å²) >= 11 is 0. The second-order valence-corrected chi connectivity index (χ2v) is 6.83. The lowest BCUT2D eigenvalue weighted by atomic mass is 10.2. The third kappa shape index (κ3) is 4.13. The van der Waals surface area contributed by atoms with Crippen molar-refractivity contribution in [1.29, 1.82) is 0 Å². The molecule has 4 rings (SSSR count). The highest BCUT2D eigenvalue weighted by atomic mass is 19.4. The summed E-state index contributed by atoms with van der Waals surface area (Å²) in [5.74, 6) is -0.319. The lowest BCUT2D eigenvalue weighted by Crippen LogP contribution is -2.54. The van der Waals surface area contributed by atoms with Crippen LogP contribution in [-0.2, 0) is 22.3 Å². The summed E-state index contributed by atoms with van der Waals surface area (Å²) in [5, 5.41) is 6.04. The average Bonchev–Trinajstić information content (AvgIpc) is 3.12. The third-order valence-electron chi connectivity index (χ3n) is 4.94. The quantitative estimate of drug-likeness (QED) is 0.777. The van der Waals surface area contributed by atoms with Crippen molar-refractivity contribution in [1.82, 2.24) is 20.4 Å². The molecule has 1 aromatic rings.